The van der Waals surface area contributed by atoms with Gasteiger partial charge in [-0.15, -0.1) is 0 Å². The fourth-order valence-electron chi connectivity index (χ4n) is 5.01. The van der Waals surface area contributed by atoms with Crippen molar-refractivity contribution in [1.82, 2.24) is 14.1 Å². The Balaban J connectivity index is 1.36. The van der Waals surface area contributed by atoms with Crippen LogP contribution in [0.5, 0.6) is 0 Å². The van der Waals surface area contributed by atoms with Crippen molar-refractivity contribution >= 4 is 27.6 Å². The summed E-state index contributed by atoms with van der Waals surface area (Å²) >= 11 is 0. The number of sulfonamides is 1. The minimum Gasteiger partial charge on any atom is -0.341 e. The fraction of sp³-hybridized carbons (Fsp3) is 0.636. The van der Waals surface area contributed by atoms with Crippen LogP contribution >= 0.6 is 0 Å². The van der Waals surface area contributed by atoms with Crippen LogP contribution in [0, 0.1) is 12.8 Å². The molecule has 3 saturated heterocycles. The first kappa shape index (κ1) is 22.1. The molecule has 0 unspecified atom stereocenters. The van der Waals surface area contributed by atoms with E-state index in [0.29, 0.717) is 39.1 Å². The summed E-state index contributed by atoms with van der Waals surface area (Å²) in [6.45, 7) is 4.70. The smallest absolute Gasteiger partial charge is 0.321 e. The van der Waals surface area contributed by atoms with Crippen LogP contribution in [0.1, 0.15) is 37.7 Å². The number of urea groups is 1. The molecule has 0 radical (unpaired) electrons. The van der Waals surface area contributed by atoms with Crippen molar-refractivity contribution in [2.75, 3.05) is 43.8 Å². The zero-order valence-electron chi connectivity index (χ0n) is 18.1. The van der Waals surface area contributed by atoms with Crippen LogP contribution in [0.15, 0.2) is 24.3 Å². The number of nitrogens with one attached hydrogen (secondary N) is 1. The van der Waals surface area contributed by atoms with Crippen LogP contribution in [0.2, 0.25) is 0 Å². The van der Waals surface area contributed by atoms with Gasteiger partial charge in [-0.05, 0) is 56.7 Å². The molecule has 3 heterocycles. The van der Waals surface area contributed by atoms with Crippen LogP contribution in [0.3, 0.4) is 0 Å². The summed E-state index contributed by atoms with van der Waals surface area (Å²) in [6.07, 6.45) is 3.83. The van der Waals surface area contributed by atoms with Crippen LogP contribution < -0.4 is 5.32 Å². The number of hydrogen-bond acceptors (Lipinski definition) is 4. The minimum absolute atomic E-state index is 0.0503. The van der Waals surface area contributed by atoms with Crippen LogP contribution in [0.25, 0.3) is 0 Å². The van der Waals surface area contributed by atoms with E-state index in [-0.39, 0.29) is 29.7 Å². The van der Waals surface area contributed by atoms with E-state index in [1.807, 2.05) is 36.1 Å². The number of rotatable bonds is 3. The summed E-state index contributed by atoms with van der Waals surface area (Å²) in [4.78, 5) is 29.5. The van der Waals surface area contributed by atoms with E-state index in [9.17, 15) is 18.0 Å². The van der Waals surface area contributed by atoms with E-state index < -0.39 is 10.0 Å². The second-order valence-corrected chi connectivity index (χ2v) is 11.0. The van der Waals surface area contributed by atoms with E-state index >= 15 is 0 Å². The predicted octanol–water partition coefficient (Wildman–Crippen LogP) is 2.27. The van der Waals surface area contributed by atoms with Crippen molar-refractivity contribution in [1.29, 1.82) is 0 Å². The van der Waals surface area contributed by atoms with Gasteiger partial charge in [0.15, 0.2) is 0 Å². The molecule has 0 spiro atoms. The van der Waals surface area contributed by atoms with Crippen molar-refractivity contribution < 1.29 is 18.0 Å². The first-order valence-corrected chi connectivity index (χ1v) is 12.9. The number of anilines is 1. The number of carbonyl (C=O) groups is 2. The minimum atomic E-state index is -3.18. The van der Waals surface area contributed by atoms with Gasteiger partial charge in [0.1, 0.15) is 0 Å². The Hall–Kier alpha value is -2.13. The molecule has 8 nitrogen and oxygen atoms in total. The summed E-state index contributed by atoms with van der Waals surface area (Å²) < 4.78 is 26.2. The average molecular weight is 449 g/mol. The molecular formula is C22H32N4O4S. The number of nitrogens with zero attached hydrogens (tertiary/aromatic N) is 3. The predicted molar refractivity (Wildman–Crippen MR) is 119 cm³/mol. The molecule has 9 heteroatoms. The first-order chi connectivity index (χ1) is 14.8. The van der Waals surface area contributed by atoms with Gasteiger partial charge in [-0.2, -0.15) is 4.31 Å². The fourth-order valence-corrected chi connectivity index (χ4v) is 6.77. The summed E-state index contributed by atoms with van der Waals surface area (Å²) in [5.74, 6) is 0.0331. The topological polar surface area (TPSA) is 90.0 Å². The summed E-state index contributed by atoms with van der Waals surface area (Å²) in [5.41, 5.74) is 1.83. The van der Waals surface area contributed by atoms with E-state index in [2.05, 4.69) is 5.32 Å². The maximum absolute atomic E-state index is 13.2. The van der Waals surface area contributed by atoms with Gasteiger partial charge >= 0.3 is 6.03 Å². The van der Waals surface area contributed by atoms with Gasteiger partial charge in [-0.3, -0.25) is 4.79 Å². The number of hydrogen-bond donors (Lipinski definition) is 1. The highest BCUT2D eigenvalue weighted by molar-refractivity contribution is 7.89. The highest BCUT2D eigenvalue weighted by Crippen LogP contribution is 2.26. The molecule has 3 fully saturated rings. The molecule has 31 heavy (non-hydrogen) atoms. The maximum atomic E-state index is 13.2. The van der Waals surface area contributed by atoms with E-state index in [0.717, 1.165) is 36.9 Å². The Morgan fingerprint density at radius 1 is 1.00 bits per heavy atom. The Labute approximate surface area is 184 Å². The number of benzene rings is 1. The summed E-state index contributed by atoms with van der Waals surface area (Å²) in [5, 5.41) is 2.93. The molecule has 0 bridgehead atoms. The van der Waals surface area contributed by atoms with Crippen LogP contribution in [-0.4, -0.2) is 79.0 Å². The standard InChI is InChI=1S/C22H32N4O4S/c1-17-6-2-8-19(14-17)23-22(28)25-11-3-7-18(15-25)21(27)24-10-4-9-20(16-24)26-12-5-13-31(26,29)30/h2,6,8,14,18,20H,3-5,7,9-13,15-16H2,1H3,(H,23,28)/t18-,20-/m0/s1. The van der Waals surface area contributed by atoms with Crippen molar-refractivity contribution in [2.45, 2.75) is 45.1 Å². The summed E-state index contributed by atoms with van der Waals surface area (Å²) in [7, 11) is -3.18. The van der Waals surface area contributed by atoms with Crippen molar-refractivity contribution in [2.24, 2.45) is 5.92 Å². The molecule has 2 atom stereocenters. The quantitative estimate of drug-likeness (QED) is 0.768. The molecule has 4 rings (SSSR count). The lowest BCUT2D eigenvalue weighted by Crippen LogP contribution is -2.53. The van der Waals surface area contributed by atoms with Gasteiger partial charge in [-0.25, -0.2) is 13.2 Å². The van der Waals surface area contributed by atoms with Crippen molar-refractivity contribution in [3.05, 3.63) is 29.8 Å². The Bertz CT molecular complexity index is 935. The molecule has 3 amide bonds. The van der Waals surface area contributed by atoms with Gasteiger partial charge in [0.05, 0.1) is 11.7 Å². The molecule has 1 aromatic carbocycles. The molecule has 1 N–H and O–H groups in total. The van der Waals surface area contributed by atoms with Gasteiger partial charge in [0.2, 0.25) is 15.9 Å². The molecule has 0 aromatic heterocycles. The van der Waals surface area contributed by atoms with E-state index in [1.54, 1.807) is 9.21 Å². The maximum Gasteiger partial charge on any atom is 0.321 e. The van der Waals surface area contributed by atoms with Gasteiger partial charge in [0.25, 0.3) is 0 Å². The molecule has 3 aliphatic rings. The van der Waals surface area contributed by atoms with Crippen LogP contribution in [0.4, 0.5) is 10.5 Å². The number of aryl methyl sites for hydroxylation is 1. The van der Waals surface area contributed by atoms with Gasteiger partial charge in [-0.1, -0.05) is 12.1 Å². The van der Waals surface area contributed by atoms with Crippen molar-refractivity contribution in [3.8, 4) is 0 Å². The lowest BCUT2D eigenvalue weighted by molar-refractivity contribution is -0.138. The molecule has 1 aromatic rings. The number of piperidine rings is 2. The molecule has 0 saturated carbocycles. The molecule has 0 aliphatic carbocycles. The van der Waals surface area contributed by atoms with Crippen LogP contribution in [-0.2, 0) is 14.8 Å². The third-order valence-electron chi connectivity index (χ3n) is 6.58. The monoisotopic (exact) mass is 448 g/mol. The number of carbonyl (C=O) groups excluding carboxylic acids is 2. The largest absolute Gasteiger partial charge is 0.341 e. The van der Waals surface area contributed by atoms with E-state index in [4.69, 9.17) is 0 Å². The average Bonchev–Trinajstić information content (AvgIpc) is 3.12. The Morgan fingerprint density at radius 2 is 1.77 bits per heavy atom. The Morgan fingerprint density at radius 3 is 2.52 bits per heavy atom. The number of likely N-dealkylation sites (tertiary alicyclic amines) is 2. The zero-order valence-corrected chi connectivity index (χ0v) is 18.9. The third-order valence-corrected chi connectivity index (χ3v) is 8.58. The highest BCUT2D eigenvalue weighted by atomic mass is 32.2. The van der Waals surface area contributed by atoms with Gasteiger partial charge < -0.3 is 15.1 Å². The SMILES string of the molecule is Cc1cccc(NC(=O)N2CCC[C@H](C(=O)N3CCC[C@H](N4CCCS4(=O)=O)C3)C2)c1. The first-order valence-electron chi connectivity index (χ1n) is 11.2. The molecular weight excluding hydrogens is 416 g/mol. The van der Waals surface area contributed by atoms with Crippen molar-refractivity contribution in [3.63, 3.8) is 0 Å². The lowest BCUT2D eigenvalue weighted by atomic mass is 9.95. The Kier molecular flexibility index (Phi) is 6.52. The number of amides is 3. The molecule has 3 aliphatic heterocycles. The summed E-state index contributed by atoms with van der Waals surface area (Å²) in [6, 6.07) is 7.37. The lowest BCUT2D eigenvalue weighted by Gasteiger charge is -2.40. The normalized spacial score (nSPS) is 26.6. The highest BCUT2D eigenvalue weighted by Gasteiger charge is 2.39. The van der Waals surface area contributed by atoms with E-state index in [1.165, 1.54) is 0 Å². The third kappa shape index (κ3) is 5.03. The second kappa shape index (κ2) is 9.16. The second-order valence-electron chi connectivity index (χ2n) is 8.95. The van der Waals surface area contributed by atoms with Gasteiger partial charge in [0, 0.05) is 44.5 Å². The zero-order chi connectivity index (χ0) is 22.0. The molecule has 170 valence electrons.